The molecule has 1 amide bonds. The van der Waals surface area contributed by atoms with E-state index in [0.29, 0.717) is 30.0 Å². The van der Waals surface area contributed by atoms with Crippen LogP contribution < -0.4 is 10.3 Å². The topological polar surface area (TPSA) is 90.2 Å². The Morgan fingerprint density at radius 1 is 1.15 bits per heavy atom. The Bertz CT molecular complexity index is 1000. The molecule has 8 heteroatoms. The van der Waals surface area contributed by atoms with Crippen LogP contribution in [-0.4, -0.2) is 49.5 Å². The highest BCUT2D eigenvalue weighted by atomic mass is 16.5. The number of piperidine rings is 1. The SMILES string of the molecule is O=C(Cn1cnc2ccccc2c1=O)N1CCCC(Oc2ncccn2)C1. The third kappa shape index (κ3) is 3.79. The van der Waals surface area contributed by atoms with Crippen LogP contribution in [0, 0.1) is 0 Å². The molecule has 2 aromatic heterocycles. The number of amides is 1. The van der Waals surface area contributed by atoms with E-state index in [1.165, 1.54) is 10.9 Å². The van der Waals surface area contributed by atoms with Gasteiger partial charge in [0.25, 0.3) is 5.56 Å². The highest BCUT2D eigenvalue weighted by Gasteiger charge is 2.25. The van der Waals surface area contributed by atoms with Crippen molar-refractivity contribution in [2.24, 2.45) is 0 Å². The van der Waals surface area contributed by atoms with E-state index in [1.807, 2.05) is 6.07 Å². The monoisotopic (exact) mass is 365 g/mol. The molecule has 1 aliphatic rings. The normalized spacial score (nSPS) is 17.0. The number of benzene rings is 1. The van der Waals surface area contributed by atoms with Crippen molar-refractivity contribution in [1.29, 1.82) is 0 Å². The standard InChI is InChI=1S/C19H19N5O3/c25-17(12-24-13-22-16-7-2-1-6-15(16)18(24)26)23-10-3-5-14(11-23)27-19-20-8-4-9-21-19/h1-2,4,6-9,13-14H,3,5,10-12H2. The third-order valence-electron chi connectivity index (χ3n) is 4.58. The largest absolute Gasteiger partial charge is 0.458 e. The summed E-state index contributed by atoms with van der Waals surface area (Å²) in [5, 5.41) is 0.508. The fourth-order valence-corrected chi connectivity index (χ4v) is 3.22. The predicted molar refractivity (Wildman–Crippen MR) is 98.3 cm³/mol. The van der Waals surface area contributed by atoms with Gasteiger partial charge in [0, 0.05) is 18.9 Å². The molecule has 0 bridgehead atoms. The Morgan fingerprint density at radius 3 is 2.81 bits per heavy atom. The van der Waals surface area contributed by atoms with E-state index in [9.17, 15) is 9.59 Å². The van der Waals surface area contributed by atoms with Gasteiger partial charge >= 0.3 is 6.01 Å². The molecule has 0 radical (unpaired) electrons. The Hall–Kier alpha value is -3.29. The maximum Gasteiger partial charge on any atom is 0.316 e. The van der Waals surface area contributed by atoms with E-state index in [1.54, 1.807) is 41.6 Å². The van der Waals surface area contributed by atoms with Crippen molar-refractivity contribution in [2.75, 3.05) is 13.1 Å². The number of para-hydroxylation sites is 1. The predicted octanol–water partition coefficient (Wildman–Crippen LogP) is 1.26. The first kappa shape index (κ1) is 17.1. The number of ether oxygens (including phenoxy) is 1. The number of rotatable bonds is 4. The molecule has 1 aliphatic heterocycles. The first-order chi connectivity index (χ1) is 13.2. The van der Waals surface area contributed by atoms with E-state index in [2.05, 4.69) is 15.0 Å². The summed E-state index contributed by atoms with van der Waals surface area (Å²) in [5.74, 6) is -0.128. The quantitative estimate of drug-likeness (QED) is 0.691. The second-order valence-corrected chi connectivity index (χ2v) is 6.45. The lowest BCUT2D eigenvalue weighted by Gasteiger charge is -2.32. The minimum absolute atomic E-state index is 0.0365. The molecule has 1 aromatic carbocycles. The summed E-state index contributed by atoms with van der Waals surface area (Å²) in [6, 6.07) is 9.15. The molecule has 0 saturated carbocycles. The molecule has 1 fully saturated rings. The number of carbonyl (C=O) groups excluding carboxylic acids is 1. The lowest BCUT2D eigenvalue weighted by atomic mass is 10.1. The molecule has 3 aromatic rings. The molecule has 1 saturated heterocycles. The van der Waals surface area contributed by atoms with Gasteiger partial charge in [-0.3, -0.25) is 14.2 Å². The van der Waals surface area contributed by atoms with Crippen LogP contribution >= 0.6 is 0 Å². The van der Waals surface area contributed by atoms with Crippen molar-refractivity contribution in [3.63, 3.8) is 0 Å². The van der Waals surface area contributed by atoms with Crippen molar-refractivity contribution in [1.82, 2.24) is 24.4 Å². The summed E-state index contributed by atoms with van der Waals surface area (Å²) >= 11 is 0. The minimum Gasteiger partial charge on any atom is -0.458 e. The summed E-state index contributed by atoms with van der Waals surface area (Å²) in [5.41, 5.74) is 0.414. The summed E-state index contributed by atoms with van der Waals surface area (Å²) in [6.45, 7) is 1.06. The van der Waals surface area contributed by atoms with Crippen LogP contribution in [0.2, 0.25) is 0 Å². The van der Waals surface area contributed by atoms with Crippen molar-refractivity contribution < 1.29 is 9.53 Å². The van der Waals surface area contributed by atoms with E-state index >= 15 is 0 Å². The van der Waals surface area contributed by atoms with Gasteiger partial charge in [0.15, 0.2) is 0 Å². The maximum absolute atomic E-state index is 12.7. The number of nitrogens with zero attached hydrogens (tertiary/aromatic N) is 5. The number of hydrogen-bond acceptors (Lipinski definition) is 6. The zero-order valence-corrected chi connectivity index (χ0v) is 14.7. The Balaban J connectivity index is 1.45. The molecular formula is C19H19N5O3. The summed E-state index contributed by atoms with van der Waals surface area (Å²) in [4.78, 5) is 39.4. The molecule has 27 heavy (non-hydrogen) atoms. The van der Waals surface area contributed by atoms with Crippen LogP contribution in [0.5, 0.6) is 6.01 Å². The second-order valence-electron chi connectivity index (χ2n) is 6.45. The van der Waals surface area contributed by atoms with Gasteiger partial charge in [-0.25, -0.2) is 15.0 Å². The van der Waals surface area contributed by atoms with Crippen LogP contribution in [-0.2, 0) is 11.3 Å². The highest BCUT2D eigenvalue weighted by molar-refractivity contribution is 5.79. The van der Waals surface area contributed by atoms with Crippen LogP contribution in [0.3, 0.4) is 0 Å². The molecule has 0 aliphatic carbocycles. The zero-order chi connectivity index (χ0) is 18.6. The molecule has 1 atom stereocenters. The fourth-order valence-electron chi connectivity index (χ4n) is 3.22. The average molecular weight is 365 g/mol. The molecule has 4 rings (SSSR count). The molecule has 0 N–H and O–H groups in total. The zero-order valence-electron chi connectivity index (χ0n) is 14.7. The van der Waals surface area contributed by atoms with Crippen LogP contribution in [0.1, 0.15) is 12.8 Å². The first-order valence-electron chi connectivity index (χ1n) is 8.86. The van der Waals surface area contributed by atoms with Crippen LogP contribution in [0.25, 0.3) is 10.9 Å². The van der Waals surface area contributed by atoms with Crippen molar-refractivity contribution in [2.45, 2.75) is 25.5 Å². The van der Waals surface area contributed by atoms with Gasteiger partial charge in [-0.1, -0.05) is 12.1 Å². The van der Waals surface area contributed by atoms with Crippen molar-refractivity contribution >= 4 is 16.8 Å². The molecule has 138 valence electrons. The van der Waals surface area contributed by atoms with Gasteiger partial charge in [0.05, 0.1) is 23.8 Å². The molecule has 0 spiro atoms. The lowest BCUT2D eigenvalue weighted by molar-refractivity contribution is -0.134. The lowest BCUT2D eigenvalue weighted by Crippen LogP contribution is -2.46. The fraction of sp³-hybridized carbons (Fsp3) is 0.316. The van der Waals surface area contributed by atoms with Gasteiger partial charge in [-0.15, -0.1) is 0 Å². The molecule has 3 heterocycles. The molecular weight excluding hydrogens is 346 g/mol. The number of aromatic nitrogens is 4. The van der Waals surface area contributed by atoms with Crippen LogP contribution in [0.15, 0.2) is 53.8 Å². The van der Waals surface area contributed by atoms with E-state index in [4.69, 9.17) is 4.74 Å². The van der Waals surface area contributed by atoms with E-state index in [-0.39, 0.29) is 24.1 Å². The second kappa shape index (κ2) is 7.53. The summed E-state index contributed by atoms with van der Waals surface area (Å²) < 4.78 is 7.13. The van der Waals surface area contributed by atoms with Gasteiger partial charge in [0.2, 0.25) is 5.91 Å². The Morgan fingerprint density at radius 2 is 1.96 bits per heavy atom. The number of fused-ring (bicyclic) bond motifs is 1. The molecule has 8 nitrogen and oxygen atoms in total. The van der Waals surface area contributed by atoms with Gasteiger partial charge < -0.3 is 9.64 Å². The summed E-state index contributed by atoms with van der Waals surface area (Å²) in [7, 11) is 0. The highest BCUT2D eigenvalue weighted by Crippen LogP contribution is 2.15. The van der Waals surface area contributed by atoms with Gasteiger partial charge in [-0.2, -0.15) is 0 Å². The Labute approximate surface area is 155 Å². The Kier molecular flexibility index (Phi) is 4.78. The number of likely N-dealkylation sites (tertiary alicyclic amines) is 1. The number of hydrogen-bond donors (Lipinski definition) is 0. The van der Waals surface area contributed by atoms with Crippen molar-refractivity contribution in [3.05, 3.63) is 59.4 Å². The number of carbonyl (C=O) groups is 1. The maximum atomic E-state index is 12.7. The van der Waals surface area contributed by atoms with Crippen molar-refractivity contribution in [3.8, 4) is 6.01 Å². The minimum atomic E-state index is -0.212. The third-order valence-corrected chi connectivity index (χ3v) is 4.58. The van der Waals surface area contributed by atoms with Gasteiger partial charge in [-0.05, 0) is 31.0 Å². The molecule has 1 unspecified atom stereocenters. The van der Waals surface area contributed by atoms with E-state index < -0.39 is 0 Å². The van der Waals surface area contributed by atoms with Crippen LogP contribution in [0.4, 0.5) is 0 Å². The first-order valence-corrected chi connectivity index (χ1v) is 8.86. The summed E-state index contributed by atoms with van der Waals surface area (Å²) in [6.07, 6.45) is 6.17. The average Bonchev–Trinajstić information content (AvgIpc) is 2.71. The smallest absolute Gasteiger partial charge is 0.316 e. The van der Waals surface area contributed by atoms with E-state index in [0.717, 1.165) is 12.8 Å². The van der Waals surface area contributed by atoms with Gasteiger partial charge in [0.1, 0.15) is 12.6 Å².